The summed E-state index contributed by atoms with van der Waals surface area (Å²) in [6, 6.07) is 12.4. The molecule has 1 aromatic heterocycles. The predicted octanol–water partition coefficient (Wildman–Crippen LogP) is 4.16. The van der Waals surface area contributed by atoms with Crippen LogP contribution in [-0.2, 0) is 17.1 Å². The number of rotatable bonds is 8. The summed E-state index contributed by atoms with van der Waals surface area (Å²) in [6.45, 7) is 8.00. The number of benzene rings is 1. The molecular formula is C22H30N2O2S. The van der Waals surface area contributed by atoms with Crippen molar-refractivity contribution in [3.8, 4) is 0 Å². The first-order valence-electron chi connectivity index (χ1n) is 9.77. The first-order valence-corrected chi connectivity index (χ1v) is 10.9. The van der Waals surface area contributed by atoms with E-state index in [-0.39, 0.29) is 5.91 Å². The molecule has 27 heavy (non-hydrogen) atoms. The van der Waals surface area contributed by atoms with Gasteiger partial charge >= 0.3 is 0 Å². The molecule has 146 valence electrons. The number of thioether (sulfide) groups is 1. The molecule has 1 saturated heterocycles. The maximum atomic E-state index is 12.1. The minimum absolute atomic E-state index is 0.155. The molecule has 1 aromatic carbocycles. The van der Waals surface area contributed by atoms with E-state index in [0.717, 1.165) is 56.3 Å². The van der Waals surface area contributed by atoms with E-state index >= 15 is 0 Å². The Balaban J connectivity index is 1.30. The summed E-state index contributed by atoms with van der Waals surface area (Å²) in [4.78, 5) is 14.6. The van der Waals surface area contributed by atoms with Crippen LogP contribution < -0.4 is 5.32 Å². The molecule has 2 aromatic rings. The van der Waals surface area contributed by atoms with Gasteiger partial charge in [-0.3, -0.25) is 9.69 Å². The maximum Gasteiger partial charge on any atom is 0.230 e. The highest BCUT2D eigenvalue weighted by molar-refractivity contribution is 7.99. The molecule has 0 atom stereocenters. The number of carbonyl (C=O) groups excluding carboxylic acids is 1. The molecule has 4 nitrogen and oxygen atoms in total. The zero-order valence-corrected chi connectivity index (χ0v) is 17.2. The van der Waals surface area contributed by atoms with Crippen LogP contribution in [0.5, 0.6) is 0 Å². The fourth-order valence-corrected chi connectivity index (χ4v) is 4.39. The maximum absolute atomic E-state index is 12.1. The van der Waals surface area contributed by atoms with Gasteiger partial charge in [-0.1, -0.05) is 30.3 Å². The van der Waals surface area contributed by atoms with Gasteiger partial charge in [0.25, 0.3) is 0 Å². The van der Waals surface area contributed by atoms with Crippen LogP contribution in [0.2, 0.25) is 0 Å². The zero-order valence-electron chi connectivity index (χ0n) is 16.4. The Kier molecular flexibility index (Phi) is 7.41. The molecule has 1 aliphatic heterocycles. The van der Waals surface area contributed by atoms with Crippen molar-refractivity contribution in [1.82, 2.24) is 10.2 Å². The second-order valence-corrected chi connectivity index (χ2v) is 8.43. The van der Waals surface area contributed by atoms with E-state index in [0.29, 0.717) is 11.7 Å². The zero-order chi connectivity index (χ0) is 19.1. The van der Waals surface area contributed by atoms with Gasteiger partial charge in [-0.2, -0.15) is 0 Å². The molecule has 1 N–H and O–H groups in total. The SMILES string of the molecule is Cc1cc(CN2CCC(CNC(=O)CSCc3ccccc3)CC2)c(C)o1. The largest absolute Gasteiger partial charge is 0.466 e. The Labute approximate surface area is 166 Å². The molecule has 2 heterocycles. The Morgan fingerprint density at radius 3 is 2.63 bits per heavy atom. The van der Waals surface area contributed by atoms with E-state index in [1.807, 2.05) is 32.0 Å². The number of amides is 1. The Morgan fingerprint density at radius 2 is 1.96 bits per heavy atom. The summed E-state index contributed by atoms with van der Waals surface area (Å²) >= 11 is 1.68. The van der Waals surface area contributed by atoms with Crippen molar-refractivity contribution in [1.29, 1.82) is 0 Å². The second-order valence-electron chi connectivity index (χ2n) is 7.44. The molecule has 1 aliphatic rings. The molecule has 3 rings (SSSR count). The van der Waals surface area contributed by atoms with Crippen LogP contribution in [0.1, 0.15) is 35.5 Å². The topological polar surface area (TPSA) is 45.5 Å². The Bertz CT molecular complexity index is 721. The van der Waals surface area contributed by atoms with Gasteiger partial charge in [-0.05, 0) is 57.3 Å². The summed E-state index contributed by atoms with van der Waals surface area (Å²) < 4.78 is 5.63. The van der Waals surface area contributed by atoms with Gasteiger partial charge in [0, 0.05) is 24.4 Å². The lowest BCUT2D eigenvalue weighted by Crippen LogP contribution is -2.38. The third kappa shape index (κ3) is 6.43. The van der Waals surface area contributed by atoms with Crippen LogP contribution in [-0.4, -0.2) is 36.2 Å². The number of hydrogen-bond donors (Lipinski definition) is 1. The summed E-state index contributed by atoms with van der Waals surface area (Å²) in [6.07, 6.45) is 2.29. The van der Waals surface area contributed by atoms with E-state index in [4.69, 9.17) is 4.42 Å². The highest BCUT2D eigenvalue weighted by Gasteiger charge is 2.20. The number of piperidine rings is 1. The van der Waals surface area contributed by atoms with Gasteiger partial charge in [-0.15, -0.1) is 11.8 Å². The van der Waals surface area contributed by atoms with Gasteiger partial charge in [0.15, 0.2) is 0 Å². The van der Waals surface area contributed by atoms with Gasteiger partial charge in [-0.25, -0.2) is 0 Å². The first kappa shape index (κ1) is 20.0. The van der Waals surface area contributed by atoms with Crippen LogP contribution in [0.4, 0.5) is 0 Å². The lowest BCUT2D eigenvalue weighted by atomic mass is 9.96. The van der Waals surface area contributed by atoms with Crippen LogP contribution in [0.3, 0.4) is 0 Å². The normalized spacial score (nSPS) is 15.8. The van der Waals surface area contributed by atoms with Crippen molar-refractivity contribution in [2.45, 2.75) is 39.0 Å². The lowest BCUT2D eigenvalue weighted by Gasteiger charge is -2.31. The third-order valence-corrected chi connectivity index (χ3v) is 6.18. The summed E-state index contributed by atoms with van der Waals surface area (Å²) in [5.41, 5.74) is 2.57. The van der Waals surface area contributed by atoms with Crippen LogP contribution in [0.15, 0.2) is 40.8 Å². The highest BCUT2D eigenvalue weighted by atomic mass is 32.2. The number of nitrogens with one attached hydrogen (secondary N) is 1. The van der Waals surface area contributed by atoms with Crippen molar-refractivity contribution in [3.63, 3.8) is 0 Å². The molecular weight excluding hydrogens is 356 g/mol. The Morgan fingerprint density at radius 1 is 1.22 bits per heavy atom. The fourth-order valence-electron chi connectivity index (χ4n) is 3.58. The number of nitrogens with zero attached hydrogens (tertiary/aromatic N) is 1. The summed E-state index contributed by atoms with van der Waals surface area (Å²) in [5.74, 6) is 4.20. The molecule has 0 spiro atoms. The molecule has 1 fully saturated rings. The van der Waals surface area contributed by atoms with Gasteiger partial charge in [0.05, 0.1) is 5.75 Å². The molecule has 5 heteroatoms. The third-order valence-electron chi connectivity index (χ3n) is 5.18. The van der Waals surface area contributed by atoms with Crippen molar-refractivity contribution >= 4 is 17.7 Å². The van der Waals surface area contributed by atoms with Crippen LogP contribution >= 0.6 is 11.8 Å². The van der Waals surface area contributed by atoms with Crippen molar-refractivity contribution in [2.24, 2.45) is 5.92 Å². The molecule has 0 radical (unpaired) electrons. The Hall–Kier alpha value is -1.72. The average molecular weight is 387 g/mol. The first-order chi connectivity index (χ1) is 13.1. The lowest BCUT2D eigenvalue weighted by molar-refractivity contribution is -0.118. The number of aryl methyl sites for hydroxylation is 2. The van der Waals surface area contributed by atoms with E-state index in [1.165, 1.54) is 11.1 Å². The van der Waals surface area contributed by atoms with Crippen LogP contribution in [0.25, 0.3) is 0 Å². The van der Waals surface area contributed by atoms with E-state index in [2.05, 4.69) is 28.4 Å². The summed E-state index contributed by atoms with van der Waals surface area (Å²) in [5, 5.41) is 3.12. The predicted molar refractivity (Wildman–Crippen MR) is 112 cm³/mol. The molecule has 0 unspecified atom stereocenters. The van der Waals surface area contributed by atoms with Crippen molar-refractivity contribution < 1.29 is 9.21 Å². The standard InChI is InChI=1S/C22H30N2O2S/c1-17-12-21(18(2)26-17)14-24-10-8-19(9-11-24)13-23-22(25)16-27-15-20-6-4-3-5-7-20/h3-7,12,19H,8-11,13-16H2,1-2H3,(H,23,25). The van der Waals surface area contributed by atoms with Crippen molar-refractivity contribution in [3.05, 3.63) is 59.0 Å². The molecule has 0 saturated carbocycles. The monoisotopic (exact) mass is 386 g/mol. The van der Waals surface area contributed by atoms with Gasteiger partial charge in [0.1, 0.15) is 11.5 Å². The summed E-state index contributed by atoms with van der Waals surface area (Å²) in [7, 11) is 0. The minimum atomic E-state index is 0.155. The molecule has 1 amide bonds. The van der Waals surface area contributed by atoms with E-state index < -0.39 is 0 Å². The number of likely N-dealkylation sites (tertiary alicyclic amines) is 1. The average Bonchev–Trinajstić information content (AvgIpc) is 2.99. The molecule has 0 bridgehead atoms. The smallest absolute Gasteiger partial charge is 0.230 e. The number of furan rings is 1. The number of hydrogen-bond acceptors (Lipinski definition) is 4. The van der Waals surface area contributed by atoms with E-state index in [1.54, 1.807) is 11.8 Å². The van der Waals surface area contributed by atoms with Gasteiger partial charge < -0.3 is 9.73 Å². The second kappa shape index (κ2) is 10.00. The van der Waals surface area contributed by atoms with Crippen LogP contribution in [0, 0.1) is 19.8 Å². The van der Waals surface area contributed by atoms with Gasteiger partial charge in [0.2, 0.25) is 5.91 Å². The number of carbonyl (C=O) groups is 1. The fraction of sp³-hybridized carbons (Fsp3) is 0.500. The highest BCUT2D eigenvalue weighted by Crippen LogP contribution is 2.21. The van der Waals surface area contributed by atoms with Crippen molar-refractivity contribution in [2.75, 3.05) is 25.4 Å². The minimum Gasteiger partial charge on any atom is -0.466 e. The van der Waals surface area contributed by atoms with E-state index in [9.17, 15) is 4.79 Å². The molecule has 0 aliphatic carbocycles. The quantitative estimate of drug-likeness (QED) is 0.740.